The third kappa shape index (κ3) is 2.92. The average molecular weight is 428 g/mol. The highest BCUT2D eigenvalue weighted by atomic mass is 32.2. The van der Waals surface area contributed by atoms with Crippen LogP contribution >= 0.6 is 23.1 Å². The molecule has 0 spiro atoms. The molecule has 1 atom stereocenters. The van der Waals surface area contributed by atoms with Crippen LogP contribution in [-0.4, -0.2) is 29.0 Å². The summed E-state index contributed by atoms with van der Waals surface area (Å²) in [5.41, 5.74) is 1.34. The molecule has 1 aromatic carbocycles. The number of carbonyl (C=O) groups is 1. The summed E-state index contributed by atoms with van der Waals surface area (Å²) in [5.74, 6) is 4.08. The third-order valence-electron chi connectivity index (χ3n) is 7.38. The summed E-state index contributed by atoms with van der Waals surface area (Å²) >= 11 is 3.34. The lowest BCUT2D eigenvalue weighted by Gasteiger charge is -2.55. The van der Waals surface area contributed by atoms with Crippen molar-refractivity contribution in [2.45, 2.75) is 49.3 Å². The van der Waals surface area contributed by atoms with Gasteiger partial charge in [-0.05, 0) is 74.0 Å². The quantitative estimate of drug-likeness (QED) is 0.702. The maximum Gasteiger partial charge on any atom is 0.240 e. The van der Waals surface area contributed by atoms with Crippen LogP contribution in [0.1, 0.15) is 54.5 Å². The zero-order chi connectivity index (χ0) is 19.6. The van der Waals surface area contributed by atoms with Crippen molar-refractivity contribution in [2.75, 3.05) is 17.8 Å². The van der Waals surface area contributed by atoms with E-state index >= 15 is 0 Å². The fourth-order valence-corrected chi connectivity index (χ4v) is 8.88. The third-order valence-corrected chi connectivity index (χ3v) is 9.76. The number of rotatable bonds is 4. The molecule has 5 nitrogen and oxygen atoms in total. The standard InChI is InChI=1S/C22H25N3O2S2/c1-27-17-4-2-16(3-5-17)19-25(18(26)12-28-19)21-24-23-20(29-21)22-9-13-6-14(10-22)8-15(7-13)11-22/h2-5,13-15,19H,6-12H2,1H3/t13?,14?,15?,19-,22?/m1/s1. The summed E-state index contributed by atoms with van der Waals surface area (Å²) in [6, 6.07) is 8.00. The van der Waals surface area contributed by atoms with Crippen molar-refractivity contribution in [1.82, 2.24) is 10.2 Å². The van der Waals surface area contributed by atoms with Gasteiger partial charge in [0.25, 0.3) is 0 Å². The molecule has 29 heavy (non-hydrogen) atoms. The van der Waals surface area contributed by atoms with E-state index in [1.54, 1.807) is 30.2 Å². The number of hydrogen-bond acceptors (Lipinski definition) is 6. The molecule has 1 aromatic heterocycles. The molecule has 4 bridgehead atoms. The fourth-order valence-electron chi connectivity index (χ4n) is 6.55. The molecule has 2 aromatic rings. The maximum absolute atomic E-state index is 12.8. The van der Waals surface area contributed by atoms with Gasteiger partial charge in [0.1, 0.15) is 16.1 Å². The summed E-state index contributed by atoms with van der Waals surface area (Å²) in [5, 5.41) is 11.2. The summed E-state index contributed by atoms with van der Waals surface area (Å²) in [6.07, 6.45) is 8.10. The predicted octanol–water partition coefficient (Wildman–Crippen LogP) is 4.79. The molecule has 0 radical (unpaired) electrons. The van der Waals surface area contributed by atoms with Gasteiger partial charge in [0.15, 0.2) is 0 Å². The minimum Gasteiger partial charge on any atom is -0.497 e. The van der Waals surface area contributed by atoms with Gasteiger partial charge >= 0.3 is 0 Å². The molecule has 1 aliphatic heterocycles. The van der Waals surface area contributed by atoms with E-state index in [0.717, 1.165) is 34.2 Å². The van der Waals surface area contributed by atoms with E-state index in [4.69, 9.17) is 4.74 Å². The van der Waals surface area contributed by atoms with Crippen LogP contribution in [0, 0.1) is 17.8 Å². The SMILES string of the molecule is COc1ccc([C@H]2SCC(=O)N2c2nnc(C34CC5CC(CC(C5)C3)C4)s2)cc1. The lowest BCUT2D eigenvalue weighted by molar-refractivity contribution is -0.115. The van der Waals surface area contributed by atoms with Gasteiger partial charge in [-0.15, -0.1) is 22.0 Å². The van der Waals surface area contributed by atoms with Crippen LogP contribution in [0.5, 0.6) is 5.75 Å². The molecule has 0 N–H and O–H groups in total. The number of ether oxygens (including phenoxy) is 1. The minimum absolute atomic E-state index is 0.0365. The Labute approximate surface area is 179 Å². The lowest BCUT2D eigenvalue weighted by atomic mass is 9.50. The first kappa shape index (κ1) is 18.2. The van der Waals surface area contributed by atoms with Crippen LogP contribution in [0.4, 0.5) is 5.13 Å². The van der Waals surface area contributed by atoms with E-state index in [-0.39, 0.29) is 16.7 Å². The number of amides is 1. The Morgan fingerprint density at radius 3 is 2.31 bits per heavy atom. The molecular formula is C22H25N3O2S2. The molecule has 1 amide bonds. The highest BCUT2D eigenvalue weighted by Crippen LogP contribution is 2.61. The molecule has 5 aliphatic rings. The number of thioether (sulfide) groups is 1. The van der Waals surface area contributed by atoms with Crippen molar-refractivity contribution in [3.05, 3.63) is 34.8 Å². The van der Waals surface area contributed by atoms with Gasteiger partial charge < -0.3 is 4.74 Å². The first-order chi connectivity index (χ1) is 14.1. The van der Waals surface area contributed by atoms with Crippen LogP contribution in [0.3, 0.4) is 0 Å². The van der Waals surface area contributed by atoms with Gasteiger partial charge in [-0.25, -0.2) is 0 Å². The normalized spacial score (nSPS) is 35.5. The van der Waals surface area contributed by atoms with E-state index in [1.807, 2.05) is 29.2 Å². The first-order valence-electron chi connectivity index (χ1n) is 10.6. The smallest absolute Gasteiger partial charge is 0.240 e. The minimum atomic E-state index is -0.0365. The van der Waals surface area contributed by atoms with Crippen LogP contribution in [0.2, 0.25) is 0 Å². The van der Waals surface area contributed by atoms with Gasteiger partial charge in [0.2, 0.25) is 11.0 Å². The summed E-state index contributed by atoms with van der Waals surface area (Å²) in [4.78, 5) is 14.6. The summed E-state index contributed by atoms with van der Waals surface area (Å²) in [7, 11) is 1.67. The molecule has 7 rings (SSSR count). The van der Waals surface area contributed by atoms with Crippen LogP contribution in [0.25, 0.3) is 0 Å². The van der Waals surface area contributed by atoms with E-state index in [2.05, 4.69) is 10.2 Å². The Hall–Kier alpha value is -1.60. The Morgan fingerprint density at radius 2 is 1.69 bits per heavy atom. The summed E-state index contributed by atoms with van der Waals surface area (Å²) < 4.78 is 5.28. The van der Waals surface area contributed by atoms with Gasteiger partial charge in [-0.1, -0.05) is 23.5 Å². The second-order valence-electron chi connectivity index (χ2n) is 9.29. The number of anilines is 1. The number of nitrogens with zero attached hydrogens (tertiary/aromatic N) is 3. The molecule has 152 valence electrons. The number of carbonyl (C=O) groups excluding carboxylic acids is 1. The second-order valence-corrected chi connectivity index (χ2v) is 11.3. The van der Waals surface area contributed by atoms with Crippen molar-refractivity contribution in [1.29, 1.82) is 0 Å². The Morgan fingerprint density at radius 1 is 1.03 bits per heavy atom. The molecular weight excluding hydrogens is 402 g/mol. The molecule has 7 heteroatoms. The number of methoxy groups -OCH3 is 1. The van der Waals surface area contributed by atoms with E-state index in [9.17, 15) is 4.79 Å². The zero-order valence-electron chi connectivity index (χ0n) is 16.5. The number of hydrogen-bond donors (Lipinski definition) is 0. The zero-order valence-corrected chi connectivity index (χ0v) is 18.2. The number of benzene rings is 1. The monoisotopic (exact) mass is 427 g/mol. The Balaban J connectivity index is 1.31. The Kier molecular flexibility index (Phi) is 4.21. The lowest BCUT2D eigenvalue weighted by Crippen LogP contribution is -2.48. The molecule has 4 saturated carbocycles. The summed E-state index contributed by atoms with van der Waals surface area (Å²) in [6.45, 7) is 0. The van der Waals surface area contributed by atoms with Crippen LogP contribution < -0.4 is 9.64 Å². The molecule has 2 heterocycles. The van der Waals surface area contributed by atoms with Crippen molar-refractivity contribution in [3.63, 3.8) is 0 Å². The second kappa shape index (κ2) is 6.71. The highest BCUT2D eigenvalue weighted by Gasteiger charge is 2.53. The predicted molar refractivity (Wildman–Crippen MR) is 115 cm³/mol. The van der Waals surface area contributed by atoms with Gasteiger partial charge in [0, 0.05) is 5.41 Å². The van der Waals surface area contributed by atoms with Gasteiger partial charge in [-0.3, -0.25) is 9.69 Å². The van der Waals surface area contributed by atoms with Crippen molar-refractivity contribution in [3.8, 4) is 5.75 Å². The van der Waals surface area contributed by atoms with Crippen molar-refractivity contribution < 1.29 is 9.53 Å². The van der Waals surface area contributed by atoms with Crippen LogP contribution in [-0.2, 0) is 10.2 Å². The molecule has 1 saturated heterocycles. The Bertz CT molecular complexity index is 907. The fraction of sp³-hybridized carbons (Fsp3) is 0.591. The maximum atomic E-state index is 12.8. The largest absolute Gasteiger partial charge is 0.497 e. The van der Waals surface area contributed by atoms with E-state index in [0.29, 0.717) is 5.75 Å². The highest BCUT2D eigenvalue weighted by molar-refractivity contribution is 8.00. The topological polar surface area (TPSA) is 55.3 Å². The molecule has 4 aliphatic carbocycles. The van der Waals surface area contributed by atoms with Crippen LogP contribution in [0.15, 0.2) is 24.3 Å². The first-order valence-corrected chi connectivity index (χ1v) is 12.4. The average Bonchev–Trinajstić information content (AvgIpc) is 3.34. The van der Waals surface area contributed by atoms with E-state index in [1.165, 1.54) is 43.5 Å². The van der Waals surface area contributed by atoms with E-state index < -0.39 is 0 Å². The molecule has 5 fully saturated rings. The van der Waals surface area contributed by atoms with Gasteiger partial charge in [-0.2, -0.15) is 0 Å². The number of aromatic nitrogens is 2. The van der Waals surface area contributed by atoms with Crippen molar-refractivity contribution in [2.24, 2.45) is 17.8 Å². The molecule has 0 unspecified atom stereocenters. The van der Waals surface area contributed by atoms with Crippen molar-refractivity contribution >= 4 is 34.1 Å². The van der Waals surface area contributed by atoms with Gasteiger partial charge in [0.05, 0.1) is 12.9 Å².